The van der Waals surface area contributed by atoms with Crippen LogP contribution in [0, 0.1) is 0 Å². The molecule has 7 nitrogen and oxygen atoms in total. The Balaban J connectivity index is 0.00000118. The Kier molecular flexibility index (Phi) is 8.41. The van der Waals surface area contributed by atoms with Gasteiger partial charge in [0.25, 0.3) is 0 Å². The van der Waals surface area contributed by atoms with Gasteiger partial charge in [0.05, 0.1) is 16.9 Å². The van der Waals surface area contributed by atoms with Crippen LogP contribution in [0.5, 0.6) is 5.75 Å². The number of nitrogens with zero attached hydrogens (tertiary/aromatic N) is 2. The lowest BCUT2D eigenvalue weighted by atomic mass is 10.1. The highest BCUT2D eigenvalue weighted by Gasteiger charge is 2.32. The third-order valence-corrected chi connectivity index (χ3v) is 3.69. The summed E-state index contributed by atoms with van der Waals surface area (Å²) in [4.78, 5) is 4.41. The van der Waals surface area contributed by atoms with Gasteiger partial charge in [-0.15, -0.1) is 0 Å². The summed E-state index contributed by atoms with van der Waals surface area (Å²) < 4.78 is 5.85. The number of hydrazine groups is 1. The number of aliphatic imine (C=N–C) groups is 1. The third kappa shape index (κ3) is 5.04. The molecular weight excluding hydrogens is 342 g/mol. The first-order valence-electron chi connectivity index (χ1n) is 8.75. The highest BCUT2D eigenvalue weighted by Crippen LogP contribution is 2.39. The Bertz CT molecular complexity index is 750. The van der Waals surface area contributed by atoms with E-state index < -0.39 is 6.23 Å². The summed E-state index contributed by atoms with van der Waals surface area (Å²) >= 11 is 0. The molecule has 2 aromatic rings. The monoisotopic (exact) mass is 373 g/mol. The minimum Gasteiger partial charge on any atom is -0.505 e. The Hall–Kier alpha value is -2.93. The summed E-state index contributed by atoms with van der Waals surface area (Å²) in [5.41, 5.74) is 11.4. The van der Waals surface area contributed by atoms with E-state index in [0.717, 1.165) is 5.69 Å². The highest BCUT2D eigenvalue weighted by molar-refractivity contribution is 5.79. The van der Waals surface area contributed by atoms with Crippen LogP contribution in [0.1, 0.15) is 40.0 Å². The number of nitrogens with two attached hydrogens (primary N) is 1. The van der Waals surface area contributed by atoms with Crippen molar-refractivity contribution in [1.29, 1.82) is 0 Å². The summed E-state index contributed by atoms with van der Waals surface area (Å²) in [7, 11) is 1.82. The van der Waals surface area contributed by atoms with Gasteiger partial charge in [-0.05, 0) is 31.2 Å². The second-order valence-corrected chi connectivity index (χ2v) is 5.44. The molecular formula is C20H31N5O2. The van der Waals surface area contributed by atoms with E-state index in [0.29, 0.717) is 29.5 Å². The number of phenolic OH excluding ortho intramolecular Hbond substituents is 1. The van der Waals surface area contributed by atoms with Gasteiger partial charge in [-0.1, -0.05) is 39.5 Å². The van der Waals surface area contributed by atoms with Crippen molar-refractivity contribution < 1.29 is 9.84 Å². The smallest absolute Gasteiger partial charge is 0.306 e. The third-order valence-electron chi connectivity index (χ3n) is 3.69. The fourth-order valence-corrected chi connectivity index (χ4v) is 2.55. The number of benzene rings is 2. The number of hydrogen-bond donors (Lipinski definition) is 4. The number of phenols is 1. The number of aromatic hydroxyl groups is 1. The number of anilines is 2. The quantitative estimate of drug-likeness (QED) is 0.473. The van der Waals surface area contributed by atoms with Gasteiger partial charge in [0.1, 0.15) is 11.4 Å². The van der Waals surface area contributed by atoms with Gasteiger partial charge >= 0.3 is 6.02 Å². The zero-order chi connectivity index (χ0) is 19.1. The van der Waals surface area contributed by atoms with Crippen LogP contribution in [0.3, 0.4) is 0 Å². The summed E-state index contributed by atoms with van der Waals surface area (Å²) in [6.07, 6.45) is -0.509. The first-order valence-corrected chi connectivity index (χ1v) is 8.75. The molecule has 1 fully saturated rings. The maximum Gasteiger partial charge on any atom is 0.306 e. The molecule has 148 valence electrons. The molecule has 1 saturated heterocycles. The molecule has 1 aliphatic heterocycles. The maximum absolute atomic E-state index is 10.5. The molecule has 7 heteroatoms. The van der Waals surface area contributed by atoms with E-state index in [9.17, 15) is 5.11 Å². The van der Waals surface area contributed by atoms with Crippen LogP contribution in [-0.4, -0.2) is 29.7 Å². The van der Waals surface area contributed by atoms with E-state index in [2.05, 4.69) is 15.7 Å². The van der Waals surface area contributed by atoms with Crippen LogP contribution >= 0.6 is 0 Å². The molecule has 0 spiro atoms. The van der Waals surface area contributed by atoms with Crippen molar-refractivity contribution in [2.75, 3.05) is 24.6 Å². The number of ether oxygens (including phenoxy) is 1. The van der Waals surface area contributed by atoms with Gasteiger partial charge in [0, 0.05) is 13.6 Å². The van der Waals surface area contributed by atoms with Crippen LogP contribution in [-0.2, 0) is 4.74 Å². The Morgan fingerprint density at radius 2 is 1.89 bits per heavy atom. The fraction of sp³-hybridized carbons (Fsp3) is 0.350. The highest BCUT2D eigenvalue weighted by atomic mass is 16.6. The van der Waals surface area contributed by atoms with Crippen LogP contribution in [0.15, 0.2) is 47.5 Å². The van der Waals surface area contributed by atoms with Crippen LogP contribution in [0.25, 0.3) is 0 Å². The lowest BCUT2D eigenvalue weighted by molar-refractivity contribution is 0.0775. The van der Waals surface area contributed by atoms with Crippen LogP contribution in [0.2, 0.25) is 0 Å². The summed E-state index contributed by atoms with van der Waals surface area (Å²) in [6, 6.07) is 13.4. The zero-order valence-electron chi connectivity index (χ0n) is 15.7. The van der Waals surface area contributed by atoms with Crippen LogP contribution < -0.4 is 16.5 Å². The first kappa shape index (κ1) is 22.1. The minimum absolute atomic E-state index is 0. The van der Waals surface area contributed by atoms with Crippen LogP contribution in [0.4, 0.5) is 17.1 Å². The molecule has 0 amide bonds. The predicted octanol–water partition coefficient (Wildman–Crippen LogP) is 4.22. The van der Waals surface area contributed by atoms with Gasteiger partial charge in [0.15, 0.2) is 0 Å². The Labute approximate surface area is 161 Å². The number of amidine groups is 1. The predicted molar refractivity (Wildman–Crippen MR) is 113 cm³/mol. The van der Waals surface area contributed by atoms with Gasteiger partial charge in [-0.25, -0.2) is 0 Å². The van der Waals surface area contributed by atoms with Gasteiger partial charge in [0.2, 0.25) is 6.23 Å². The first-order chi connectivity index (χ1) is 12.6. The average molecular weight is 374 g/mol. The van der Waals surface area contributed by atoms with E-state index in [1.54, 1.807) is 17.1 Å². The number of para-hydroxylation sites is 1. The largest absolute Gasteiger partial charge is 0.505 e. The van der Waals surface area contributed by atoms with Crippen molar-refractivity contribution in [3.63, 3.8) is 0 Å². The van der Waals surface area contributed by atoms with Crippen molar-refractivity contribution in [2.24, 2.45) is 4.99 Å². The summed E-state index contributed by atoms with van der Waals surface area (Å²) in [6.45, 7) is 6.59. The molecule has 27 heavy (non-hydrogen) atoms. The van der Waals surface area contributed by atoms with E-state index in [-0.39, 0.29) is 13.2 Å². The summed E-state index contributed by atoms with van der Waals surface area (Å²) in [5.74, 6) is 0.0801. The lowest BCUT2D eigenvalue weighted by Crippen LogP contribution is -2.30. The number of nitrogens with one attached hydrogen (secondary N) is 2. The molecule has 5 N–H and O–H groups in total. The molecule has 1 atom stereocenters. The molecule has 0 bridgehead atoms. The van der Waals surface area contributed by atoms with Gasteiger partial charge in [-0.3, -0.25) is 5.43 Å². The standard InChI is InChI=1S/C17H21N5O2.C2H6.CH4/c1-3-19-14-13(18)10-9-12(15(14)23)16-22(2)21-17(24-16)20-11-7-5-4-6-8-11;1-2;/h4-10,16,19,23H,3,18H2,1-2H3,(H,20,21);1-2H3;1H4. The van der Waals surface area contributed by atoms with Gasteiger partial charge in [-0.2, -0.15) is 10.0 Å². The van der Waals surface area contributed by atoms with Gasteiger partial charge < -0.3 is 20.9 Å². The normalized spacial score (nSPS) is 17.2. The molecule has 0 aliphatic carbocycles. The van der Waals surface area contributed by atoms with E-state index >= 15 is 0 Å². The van der Waals surface area contributed by atoms with Crippen molar-refractivity contribution in [3.8, 4) is 5.75 Å². The molecule has 1 heterocycles. The Morgan fingerprint density at radius 1 is 1.22 bits per heavy atom. The molecule has 1 unspecified atom stereocenters. The number of hydrogen-bond acceptors (Lipinski definition) is 6. The second kappa shape index (κ2) is 10.3. The number of rotatable bonds is 4. The zero-order valence-corrected chi connectivity index (χ0v) is 15.7. The molecule has 2 aromatic carbocycles. The van der Waals surface area contributed by atoms with E-state index in [1.807, 2.05) is 58.2 Å². The number of nitrogen functional groups attached to an aromatic ring is 1. The van der Waals surface area contributed by atoms with E-state index in [1.165, 1.54) is 0 Å². The topological polar surface area (TPSA) is 95.1 Å². The second-order valence-electron chi connectivity index (χ2n) is 5.44. The fourth-order valence-electron chi connectivity index (χ4n) is 2.55. The maximum atomic E-state index is 10.5. The SMILES string of the molecule is C.CC.CCNc1c(N)ccc(C2OC(=Nc3ccccc3)NN2C)c1O. The van der Waals surface area contributed by atoms with Crippen molar-refractivity contribution in [2.45, 2.75) is 34.4 Å². The molecule has 0 radical (unpaired) electrons. The van der Waals surface area contributed by atoms with Crippen molar-refractivity contribution >= 4 is 23.1 Å². The van der Waals surface area contributed by atoms with Crippen molar-refractivity contribution in [3.05, 3.63) is 48.0 Å². The molecule has 3 rings (SSSR count). The average Bonchev–Trinajstić information content (AvgIpc) is 3.01. The van der Waals surface area contributed by atoms with Crippen molar-refractivity contribution in [1.82, 2.24) is 10.4 Å². The minimum atomic E-state index is -0.509. The molecule has 0 aromatic heterocycles. The molecule has 1 aliphatic rings. The molecule has 0 saturated carbocycles. The summed E-state index contributed by atoms with van der Waals surface area (Å²) in [5, 5.41) is 15.4. The van der Waals surface area contributed by atoms with E-state index in [4.69, 9.17) is 10.5 Å². The Morgan fingerprint density at radius 3 is 2.52 bits per heavy atom. The lowest BCUT2D eigenvalue weighted by Gasteiger charge is -2.20.